The van der Waals surface area contributed by atoms with Crippen molar-refractivity contribution in [3.8, 4) is 5.75 Å². The molecule has 0 aliphatic carbocycles. The molecule has 2 rings (SSSR count). The van der Waals surface area contributed by atoms with Crippen LogP contribution in [0.3, 0.4) is 0 Å². The maximum Gasteiger partial charge on any atom is 0.387 e. The topological polar surface area (TPSA) is 107 Å². The zero-order valence-electron chi connectivity index (χ0n) is 12.2. The Kier molecular flexibility index (Phi) is 5.25. The summed E-state index contributed by atoms with van der Waals surface area (Å²) >= 11 is 0. The molecule has 7 nitrogen and oxygen atoms in total. The number of anilines is 1. The van der Waals surface area contributed by atoms with Crippen LogP contribution in [0.2, 0.25) is 0 Å². The number of halogens is 2. The number of nitro benzene ring substituents is 1. The van der Waals surface area contributed by atoms with Crippen LogP contribution in [0.25, 0.3) is 0 Å². The average molecular weight is 337 g/mol. The van der Waals surface area contributed by atoms with Gasteiger partial charge in [0.25, 0.3) is 5.69 Å². The fraction of sp³-hybridized carbons (Fsp3) is 0.133. The van der Waals surface area contributed by atoms with Crippen molar-refractivity contribution in [3.63, 3.8) is 0 Å². The number of amides is 1. The third-order valence-electron chi connectivity index (χ3n) is 3.08. The number of nitro groups is 1. The molecular formula is C15H13F2N3O4. The molecule has 0 fully saturated rings. The van der Waals surface area contributed by atoms with Crippen LogP contribution in [0.1, 0.15) is 15.9 Å². The molecule has 0 spiro atoms. The Labute approximate surface area is 135 Å². The molecule has 0 aliphatic heterocycles. The van der Waals surface area contributed by atoms with Crippen molar-refractivity contribution in [1.82, 2.24) is 0 Å². The van der Waals surface area contributed by atoms with E-state index in [0.717, 1.165) is 18.2 Å². The lowest BCUT2D eigenvalue weighted by Gasteiger charge is -2.13. The first-order valence-corrected chi connectivity index (χ1v) is 6.72. The Morgan fingerprint density at radius 1 is 1.29 bits per heavy atom. The van der Waals surface area contributed by atoms with Crippen LogP contribution in [0.5, 0.6) is 5.75 Å². The molecule has 1 amide bonds. The maximum atomic E-state index is 12.4. The second-order valence-electron chi connectivity index (χ2n) is 4.73. The Morgan fingerprint density at radius 2 is 2.04 bits per heavy atom. The van der Waals surface area contributed by atoms with E-state index in [9.17, 15) is 23.7 Å². The Bertz CT molecular complexity index is 768. The van der Waals surface area contributed by atoms with Gasteiger partial charge in [0.15, 0.2) is 0 Å². The number of hydrogen-bond acceptors (Lipinski definition) is 5. The van der Waals surface area contributed by atoms with E-state index in [2.05, 4.69) is 10.1 Å². The number of ether oxygens (including phenoxy) is 1. The third kappa shape index (κ3) is 4.38. The van der Waals surface area contributed by atoms with Gasteiger partial charge in [0.2, 0.25) is 5.91 Å². The van der Waals surface area contributed by atoms with Gasteiger partial charge in [-0.3, -0.25) is 14.9 Å². The zero-order valence-corrected chi connectivity index (χ0v) is 12.2. The van der Waals surface area contributed by atoms with Crippen molar-refractivity contribution in [2.45, 2.75) is 13.2 Å². The highest BCUT2D eigenvalue weighted by Gasteiger charge is 2.15. The first kappa shape index (κ1) is 17.1. The number of hydrogen-bond donors (Lipinski definition) is 2. The number of carbonyl (C=O) groups is 1. The minimum Gasteiger partial charge on any atom is -0.433 e. The number of non-ortho nitro benzene ring substituents is 1. The molecule has 0 saturated heterocycles. The molecule has 0 heterocycles. The van der Waals surface area contributed by atoms with Crippen LogP contribution in [0.4, 0.5) is 20.2 Å². The summed E-state index contributed by atoms with van der Waals surface area (Å²) < 4.78 is 29.2. The van der Waals surface area contributed by atoms with Crippen molar-refractivity contribution in [2.75, 3.05) is 5.32 Å². The summed E-state index contributed by atoms with van der Waals surface area (Å²) in [5, 5.41) is 13.6. The van der Waals surface area contributed by atoms with Gasteiger partial charge in [-0.25, -0.2) is 0 Å². The zero-order chi connectivity index (χ0) is 17.7. The van der Waals surface area contributed by atoms with Crippen molar-refractivity contribution in [1.29, 1.82) is 0 Å². The summed E-state index contributed by atoms with van der Waals surface area (Å²) in [6.45, 7) is -2.94. The number of benzene rings is 2. The van der Waals surface area contributed by atoms with E-state index in [4.69, 9.17) is 5.73 Å². The van der Waals surface area contributed by atoms with E-state index >= 15 is 0 Å². The van der Waals surface area contributed by atoms with E-state index < -0.39 is 17.4 Å². The van der Waals surface area contributed by atoms with Crippen LogP contribution >= 0.6 is 0 Å². The predicted octanol–water partition coefficient (Wildman–Crippen LogP) is 2.91. The van der Waals surface area contributed by atoms with Crippen LogP contribution in [-0.4, -0.2) is 17.4 Å². The van der Waals surface area contributed by atoms with Gasteiger partial charge in [-0.05, 0) is 23.8 Å². The lowest BCUT2D eigenvalue weighted by molar-refractivity contribution is -0.384. The molecule has 2 aromatic carbocycles. The van der Waals surface area contributed by atoms with Crippen molar-refractivity contribution < 1.29 is 23.2 Å². The molecule has 0 radical (unpaired) electrons. The molecule has 0 bridgehead atoms. The summed E-state index contributed by atoms with van der Waals surface area (Å²) in [6.07, 6.45) is 0. The number of nitrogens with zero attached hydrogens (tertiary/aromatic N) is 1. The first-order valence-electron chi connectivity index (χ1n) is 6.72. The summed E-state index contributed by atoms with van der Waals surface area (Å²) in [5.41, 5.74) is 5.88. The first-order chi connectivity index (χ1) is 11.4. The van der Waals surface area contributed by atoms with Crippen LogP contribution in [0, 0.1) is 10.1 Å². The van der Waals surface area contributed by atoms with Crippen molar-refractivity contribution in [2.24, 2.45) is 5.73 Å². The lowest BCUT2D eigenvalue weighted by Crippen LogP contribution is -2.12. The van der Waals surface area contributed by atoms with E-state index in [1.165, 1.54) is 12.1 Å². The van der Waals surface area contributed by atoms with E-state index in [0.29, 0.717) is 5.56 Å². The molecule has 0 unspecified atom stereocenters. The van der Waals surface area contributed by atoms with Gasteiger partial charge in [-0.1, -0.05) is 12.1 Å². The van der Waals surface area contributed by atoms with Crippen molar-refractivity contribution >= 4 is 17.3 Å². The number of rotatable bonds is 7. The highest BCUT2D eigenvalue weighted by Crippen LogP contribution is 2.30. The SMILES string of the molecule is NC(=O)c1cccc(CNc2cc([N+](=O)[O-])ccc2OC(F)F)c1. The molecular weight excluding hydrogens is 324 g/mol. The highest BCUT2D eigenvalue weighted by atomic mass is 19.3. The van der Waals surface area contributed by atoms with Gasteiger partial charge in [0.1, 0.15) is 5.75 Å². The molecule has 0 saturated carbocycles. The quantitative estimate of drug-likeness (QED) is 0.596. The Balaban J connectivity index is 2.23. The van der Waals surface area contributed by atoms with Gasteiger partial charge in [-0.2, -0.15) is 8.78 Å². The Morgan fingerprint density at radius 3 is 2.67 bits per heavy atom. The number of nitrogens with two attached hydrogens (primary N) is 1. The summed E-state index contributed by atoms with van der Waals surface area (Å²) in [6, 6.07) is 9.61. The van der Waals surface area contributed by atoms with Gasteiger partial charge < -0.3 is 15.8 Å². The Hall–Kier alpha value is -3.23. The average Bonchev–Trinajstić information content (AvgIpc) is 2.53. The summed E-state index contributed by atoms with van der Waals surface area (Å²) in [7, 11) is 0. The number of carbonyl (C=O) groups excluding carboxylic acids is 1. The van der Waals surface area contributed by atoms with Crippen LogP contribution < -0.4 is 15.8 Å². The second kappa shape index (κ2) is 7.36. The third-order valence-corrected chi connectivity index (χ3v) is 3.08. The predicted molar refractivity (Wildman–Crippen MR) is 82.0 cm³/mol. The highest BCUT2D eigenvalue weighted by molar-refractivity contribution is 5.92. The molecule has 0 aromatic heterocycles. The minimum absolute atomic E-state index is 0.0361. The largest absolute Gasteiger partial charge is 0.433 e. The molecule has 2 aromatic rings. The molecule has 0 aliphatic rings. The van der Waals surface area contributed by atoms with Gasteiger partial charge in [0, 0.05) is 24.2 Å². The monoisotopic (exact) mass is 337 g/mol. The number of primary amides is 1. The standard InChI is InChI=1S/C15H13F2N3O4/c16-15(17)24-13-5-4-11(20(22)23)7-12(13)19-8-9-2-1-3-10(6-9)14(18)21/h1-7,15,19H,8H2,(H2,18,21). The fourth-order valence-electron chi connectivity index (χ4n) is 2.00. The molecule has 24 heavy (non-hydrogen) atoms. The molecule has 3 N–H and O–H groups in total. The van der Waals surface area contributed by atoms with Crippen LogP contribution in [-0.2, 0) is 6.54 Å². The summed E-state index contributed by atoms with van der Waals surface area (Å²) in [5.74, 6) is -0.824. The maximum absolute atomic E-state index is 12.4. The normalized spacial score (nSPS) is 10.5. The van der Waals surface area contributed by atoms with E-state index in [1.807, 2.05) is 0 Å². The van der Waals surface area contributed by atoms with E-state index in [1.54, 1.807) is 12.1 Å². The summed E-state index contributed by atoms with van der Waals surface area (Å²) in [4.78, 5) is 21.3. The molecule has 9 heteroatoms. The number of alkyl halides is 2. The van der Waals surface area contributed by atoms with Crippen LogP contribution in [0.15, 0.2) is 42.5 Å². The van der Waals surface area contributed by atoms with Gasteiger partial charge in [-0.15, -0.1) is 0 Å². The lowest BCUT2D eigenvalue weighted by atomic mass is 10.1. The minimum atomic E-state index is -3.06. The molecule has 0 atom stereocenters. The number of nitrogens with one attached hydrogen (secondary N) is 1. The van der Waals surface area contributed by atoms with Gasteiger partial charge in [0.05, 0.1) is 10.6 Å². The fourth-order valence-corrected chi connectivity index (χ4v) is 2.00. The molecule has 126 valence electrons. The smallest absolute Gasteiger partial charge is 0.387 e. The van der Waals surface area contributed by atoms with Crippen molar-refractivity contribution in [3.05, 3.63) is 63.7 Å². The van der Waals surface area contributed by atoms with Gasteiger partial charge >= 0.3 is 6.61 Å². The van der Waals surface area contributed by atoms with E-state index in [-0.39, 0.29) is 29.2 Å². The second-order valence-corrected chi connectivity index (χ2v) is 4.73.